The number of carbonyl (C=O) groups is 2. The minimum Gasteiger partial charge on any atom is -0.352 e. The maximum Gasteiger partial charge on any atom is 0.262 e. The number of benzene rings is 2. The summed E-state index contributed by atoms with van der Waals surface area (Å²) in [4.78, 5) is 43.1. The highest BCUT2D eigenvalue weighted by Gasteiger charge is 2.16. The normalized spacial score (nSPS) is 11.3. The number of ketones is 1. The Kier molecular flexibility index (Phi) is 8.44. The third kappa shape index (κ3) is 6.54. The van der Waals surface area contributed by atoms with Crippen LogP contribution in [0.25, 0.3) is 10.9 Å². The van der Waals surface area contributed by atoms with Gasteiger partial charge in [0.2, 0.25) is 0 Å². The molecular weight excluding hydrogens is 434 g/mol. The van der Waals surface area contributed by atoms with E-state index in [1.54, 1.807) is 34.9 Å². The molecular formula is C26H31N3O3S. The van der Waals surface area contributed by atoms with Crippen LogP contribution >= 0.6 is 11.8 Å². The van der Waals surface area contributed by atoms with Gasteiger partial charge in [-0.2, -0.15) is 0 Å². The Bertz CT molecular complexity index is 1190. The number of carbonyl (C=O) groups excluding carboxylic acids is 2. The zero-order chi connectivity index (χ0) is 24.0. The molecule has 0 saturated heterocycles. The molecule has 174 valence electrons. The molecule has 0 saturated carbocycles. The van der Waals surface area contributed by atoms with Crippen LogP contribution in [-0.2, 0) is 6.54 Å². The van der Waals surface area contributed by atoms with Crippen LogP contribution in [0.4, 0.5) is 0 Å². The van der Waals surface area contributed by atoms with Crippen LogP contribution in [0.2, 0.25) is 0 Å². The third-order valence-electron chi connectivity index (χ3n) is 5.17. The van der Waals surface area contributed by atoms with Crippen molar-refractivity contribution < 1.29 is 9.59 Å². The van der Waals surface area contributed by atoms with E-state index in [4.69, 9.17) is 4.98 Å². The van der Waals surface area contributed by atoms with Crippen LogP contribution in [0.15, 0.2) is 58.5 Å². The molecule has 33 heavy (non-hydrogen) atoms. The van der Waals surface area contributed by atoms with Gasteiger partial charge in [0.1, 0.15) is 0 Å². The number of hydrogen-bond acceptors (Lipinski definition) is 5. The summed E-state index contributed by atoms with van der Waals surface area (Å²) in [6.45, 7) is 9.38. The van der Waals surface area contributed by atoms with E-state index in [9.17, 15) is 14.4 Å². The first-order chi connectivity index (χ1) is 15.8. The lowest BCUT2D eigenvalue weighted by atomic mass is 10.1. The highest BCUT2D eigenvalue weighted by atomic mass is 32.2. The van der Waals surface area contributed by atoms with Gasteiger partial charge in [-0.3, -0.25) is 19.0 Å². The highest BCUT2D eigenvalue weighted by Crippen LogP contribution is 2.21. The third-order valence-corrected chi connectivity index (χ3v) is 6.14. The van der Waals surface area contributed by atoms with Crippen LogP contribution in [0, 0.1) is 11.8 Å². The standard InChI is InChI=1S/C26H31N3O3S/c1-17(2)12-13-27-24(31)20-10-11-21-22(14-20)28-26(29(25(21)32)15-18(3)4)33-16-23(30)19-8-6-5-7-9-19/h5-11,14,17-18H,12-13,15-16H2,1-4H3,(H,27,31). The van der Waals surface area contributed by atoms with Crippen molar-refractivity contribution in [2.24, 2.45) is 11.8 Å². The van der Waals surface area contributed by atoms with Crippen LogP contribution in [0.1, 0.15) is 54.8 Å². The van der Waals surface area contributed by atoms with E-state index >= 15 is 0 Å². The van der Waals surface area contributed by atoms with E-state index < -0.39 is 0 Å². The molecule has 3 rings (SSSR count). The summed E-state index contributed by atoms with van der Waals surface area (Å²) < 4.78 is 1.64. The Morgan fingerprint density at radius 3 is 2.39 bits per heavy atom. The summed E-state index contributed by atoms with van der Waals surface area (Å²) in [5, 5.41) is 3.87. The van der Waals surface area contributed by atoms with Crippen LogP contribution in [-0.4, -0.2) is 33.5 Å². The van der Waals surface area contributed by atoms with Crippen molar-refractivity contribution in [1.82, 2.24) is 14.9 Å². The van der Waals surface area contributed by atoms with Crippen molar-refractivity contribution in [1.29, 1.82) is 0 Å². The largest absolute Gasteiger partial charge is 0.352 e. The van der Waals surface area contributed by atoms with Gasteiger partial charge in [-0.25, -0.2) is 4.98 Å². The predicted molar refractivity (Wildman–Crippen MR) is 134 cm³/mol. The highest BCUT2D eigenvalue weighted by molar-refractivity contribution is 7.99. The summed E-state index contributed by atoms with van der Waals surface area (Å²) in [5.41, 5.74) is 1.40. The molecule has 1 aromatic heterocycles. The quantitative estimate of drug-likeness (QED) is 0.264. The fourth-order valence-electron chi connectivity index (χ4n) is 3.39. The topological polar surface area (TPSA) is 81.1 Å². The molecule has 0 unspecified atom stereocenters. The maximum absolute atomic E-state index is 13.3. The second-order valence-electron chi connectivity index (χ2n) is 8.95. The molecule has 0 spiro atoms. The van der Waals surface area contributed by atoms with Crippen LogP contribution < -0.4 is 10.9 Å². The number of nitrogens with one attached hydrogen (secondary N) is 1. The lowest BCUT2D eigenvalue weighted by Crippen LogP contribution is -2.27. The van der Waals surface area contributed by atoms with Gasteiger partial charge in [0.15, 0.2) is 10.9 Å². The lowest BCUT2D eigenvalue weighted by Gasteiger charge is -2.15. The van der Waals surface area contributed by atoms with Gasteiger partial charge in [0.05, 0.1) is 16.7 Å². The number of amides is 1. The lowest BCUT2D eigenvalue weighted by molar-refractivity contribution is 0.0951. The summed E-state index contributed by atoms with van der Waals surface area (Å²) in [6.07, 6.45) is 0.897. The van der Waals surface area contributed by atoms with Crippen LogP contribution in [0.3, 0.4) is 0 Å². The molecule has 0 bridgehead atoms. The smallest absolute Gasteiger partial charge is 0.262 e. The SMILES string of the molecule is CC(C)CCNC(=O)c1ccc2c(=O)n(CC(C)C)c(SCC(=O)c3ccccc3)nc2c1. The first-order valence-electron chi connectivity index (χ1n) is 11.3. The molecule has 3 aromatic rings. The number of hydrogen-bond donors (Lipinski definition) is 1. The zero-order valence-corrected chi connectivity index (χ0v) is 20.4. The molecule has 0 radical (unpaired) electrons. The molecule has 0 aliphatic carbocycles. The molecule has 0 atom stereocenters. The van der Waals surface area contributed by atoms with Crippen molar-refractivity contribution in [3.8, 4) is 0 Å². The molecule has 2 aromatic carbocycles. The van der Waals surface area contributed by atoms with E-state index in [1.807, 2.05) is 32.0 Å². The van der Waals surface area contributed by atoms with E-state index in [0.717, 1.165) is 6.42 Å². The molecule has 1 amide bonds. The van der Waals surface area contributed by atoms with Crippen LogP contribution in [0.5, 0.6) is 0 Å². The van der Waals surface area contributed by atoms with Gasteiger partial charge in [0.25, 0.3) is 11.5 Å². The average Bonchev–Trinajstić information content (AvgIpc) is 2.79. The maximum atomic E-state index is 13.3. The van der Waals surface area contributed by atoms with Crippen molar-refractivity contribution in [3.63, 3.8) is 0 Å². The van der Waals surface area contributed by atoms with Crippen molar-refractivity contribution in [3.05, 3.63) is 70.0 Å². The summed E-state index contributed by atoms with van der Waals surface area (Å²) in [6, 6.07) is 14.1. The first-order valence-corrected chi connectivity index (χ1v) is 12.3. The van der Waals surface area contributed by atoms with Gasteiger partial charge >= 0.3 is 0 Å². The zero-order valence-electron chi connectivity index (χ0n) is 19.6. The van der Waals surface area contributed by atoms with Gasteiger partial charge in [-0.1, -0.05) is 69.8 Å². The number of fused-ring (bicyclic) bond motifs is 1. The number of thioether (sulfide) groups is 1. The first kappa shape index (κ1) is 24.7. The number of rotatable bonds is 10. The Hall–Kier alpha value is -2.93. The van der Waals surface area contributed by atoms with Crippen molar-refractivity contribution in [2.75, 3.05) is 12.3 Å². The van der Waals surface area contributed by atoms with E-state index in [1.165, 1.54) is 11.8 Å². The van der Waals surface area contributed by atoms with Gasteiger partial charge in [-0.15, -0.1) is 0 Å². The molecule has 0 aliphatic rings. The summed E-state index contributed by atoms with van der Waals surface area (Å²) >= 11 is 1.25. The Labute approximate surface area is 198 Å². The summed E-state index contributed by atoms with van der Waals surface area (Å²) in [7, 11) is 0. The Morgan fingerprint density at radius 1 is 1.00 bits per heavy atom. The number of nitrogens with zero attached hydrogens (tertiary/aromatic N) is 2. The molecule has 0 aliphatic heterocycles. The summed E-state index contributed by atoms with van der Waals surface area (Å²) in [5.74, 6) is 0.705. The number of aromatic nitrogens is 2. The molecule has 1 N–H and O–H groups in total. The Balaban J connectivity index is 1.91. The van der Waals surface area contributed by atoms with Gasteiger partial charge < -0.3 is 5.32 Å². The predicted octanol–water partition coefficient (Wildman–Crippen LogP) is 4.80. The van der Waals surface area contributed by atoms with E-state index in [2.05, 4.69) is 19.2 Å². The van der Waals surface area contributed by atoms with E-state index in [0.29, 0.717) is 46.2 Å². The van der Waals surface area contributed by atoms with Crippen molar-refractivity contribution in [2.45, 2.75) is 45.8 Å². The minimum atomic E-state index is -0.181. The van der Waals surface area contributed by atoms with Gasteiger partial charge in [-0.05, 0) is 36.5 Å². The fourth-order valence-corrected chi connectivity index (χ4v) is 4.30. The van der Waals surface area contributed by atoms with E-state index in [-0.39, 0.29) is 28.9 Å². The minimum absolute atomic E-state index is 0.0238. The molecule has 6 nitrogen and oxygen atoms in total. The monoisotopic (exact) mass is 465 g/mol. The molecule has 1 heterocycles. The molecule has 7 heteroatoms. The molecule has 0 fully saturated rings. The Morgan fingerprint density at radius 2 is 1.73 bits per heavy atom. The van der Waals surface area contributed by atoms with Crippen molar-refractivity contribution >= 4 is 34.4 Å². The second-order valence-corrected chi connectivity index (χ2v) is 9.89. The number of Topliss-reactive ketones (excluding diaryl/α,β-unsaturated/α-hetero) is 1. The van der Waals surface area contributed by atoms with Gasteiger partial charge in [0, 0.05) is 24.2 Å². The average molecular weight is 466 g/mol. The second kappa shape index (κ2) is 11.3. The fraction of sp³-hybridized carbons (Fsp3) is 0.385.